The van der Waals surface area contributed by atoms with Gasteiger partial charge in [0, 0.05) is 9.58 Å². The number of thiophene rings is 1. The minimum absolute atomic E-state index is 0.665. The molecule has 0 radical (unpaired) electrons. The monoisotopic (exact) mass is 394 g/mol. The van der Waals surface area contributed by atoms with Crippen molar-refractivity contribution in [2.45, 2.75) is 0 Å². The zero-order chi connectivity index (χ0) is 19.2. The first-order valence-electron chi connectivity index (χ1n) is 9.24. The van der Waals surface area contributed by atoms with Crippen molar-refractivity contribution < 1.29 is 8.83 Å². The SMILES string of the molecule is c1coc(-c2nc3ccc(-c4cc5ccccc5s4)cc3nc2-c2ccco2)c1. The van der Waals surface area contributed by atoms with Crippen LogP contribution < -0.4 is 0 Å². The Morgan fingerprint density at radius 3 is 2.07 bits per heavy atom. The summed E-state index contributed by atoms with van der Waals surface area (Å²) in [7, 11) is 0. The summed E-state index contributed by atoms with van der Waals surface area (Å²) in [5, 5.41) is 1.25. The molecule has 6 aromatic rings. The molecule has 4 heterocycles. The molecule has 0 saturated heterocycles. The van der Waals surface area contributed by atoms with Crippen molar-refractivity contribution in [3.8, 4) is 33.3 Å². The summed E-state index contributed by atoms with van der Waals surface area (Å²) in [6.45, 7) is 0. The lowest BCUT2D eigenvalue weighted by atomic mass is 10.1. The summed E-state index contributed by atoms with van der Waals surface area (Å²) >= 11 is 1.78. The second-order valence-electron chi connectivity index (χ2n) is 6.73. The van der Waals surface area contributed by atoms with E-state index in [9.17, 15) is 0 Å². The van der Waals surface area contributed by atoms with E-state index < -0.39 is 0 Å². The normalized spacial score (nSPS) is 11.4. The molecule has 5 heteroatoms. The highest BCUT2D eigenvalue weighted by atomic mass is 32.1. The molecular formula is C24H14N2O2S. The molecular weight excluding hydrogens is 380 g/mol. The second-order valence-corrected chi connectivity index (χ2v) is 7.81. The van der Waals surface area contributed by atoms with Crippen LogP contribution in [0.3, 0.4) is 0 Å². The number of fused-ring (bicyclic) bond motifs is 2. The molecule has 0 spiro atoms. The van der Waals surface area contributed by atoms with Crippen molar-refractivity contribution in [2.75, 3.05) is 0 Å². The van der Waals surface area contributed by atoms with Gasteiger partial charge in [0.1, 0.15) is 11.4 Å². The van der Waals surface area contributed by atoms with Gasteiger partial charge in [-0.05, 0) is 59.5 Å². The number of furan rings is 2. The van der Waals surface area contributed by atoms with E-state index in [0.29, 0.717) is 22.9 Å². The lowest BCUT2D eigenvalue weighted by molar-refractivity contribution is 0.572. The van der Waals surface area contributed by atoms with Crippen molar-refractivity contribution in [3.63, 3.8) is 0 Å². The molecule has 138 valence electrons. The summed E-state index contributed by atoms with van der Waals surface area (Å²) in [4.78, 5) is 11.0. The van der Waals surface area contributed by atoms with E-state index in [1.807, 2.05) is 30.3 Å². The quantitative estimate of drug-likeness (QED) is 0.323. The Labute approximate surface area is 170 Å². The maximum absolute atomic E-state index is 5.62. The summed E-state index contributed by atoms with van der Waals surface area (Å²) in [6, 6.07) is 24.3. The average Bonchev–Trinajstić information content (AvgIpc) is 3.53. The highest BCUT2D eigenvalue weighted by Gasteiger charge is 2.17. The van der Waals surface area contributed by atoms with Crippen LogP contribution in [0.5, 0.6) is 0 Å². The van der Waals surface area contributed by atoms with E-state index in [1.165, 1.54) is 15.0 Å². The molecule has 0 aliphatic carbocycles. The molecule has 0 bridgehead atoms. The third kappa shape index (κ3) is 2.75. The number of hydrogen-bond donors (Lipinski definition) is 0. The van der Waals surface area contributed by atoms with Crippen LogP contribution in [0.1, 0.15) is 0 Å². The minimum atomic E-state index is 0.665. The Morgan fingerprint density at radius 1 is 0.655 bits per heavy atom. The molecule has 0 amide bonds. The maximum atomic E-state index is 5.62. The van der Waals surface area contributed by atoms with Crippen LogP contribution >= 0.6 is 11.3 Å². The number of nitrogens with zero attached hydrogens (tertiary/aromatic N) is 2. The fourth-order valence-corrected chi connectivity index (χ4v) is 4.56. The van der Waals surface area contributed by atoms with Crippen molar-refractivity contribution >= 4 is 32.5 Å². The van der Waals surface area contributed by atoms with Gasteiger partial charge in [0.2, 0.25) is 0 Å². The third-order valence-electron chi connectivity index (χ3n) is 4.88. The van der Waals surface area contributed by atoms with Crippen LogP contribution in [0.15, 0.2) is 94.2 Å². The van der Waals surface area contributed by atoms with Crippen LogP contribution in [0, 0.1) is 0 Å². The van der Waals surface area contributed by atoms with Gasteiger partial charge >= 0.3 is 0 Å². The molecule has 0 fully saturated rings. The smallest absolute Gasteiger partial charge is 0.154 e. The third-order valence-corrected chi connectivity index (χ3v) is 6.05. The van der Waals surface area contributed by atoms with Gasteiger partial charge < -0.3 is 8.83 Å². The first kappa shape index (κ1) is 16.3. The predicted molar refractivity (Wildman–Crippen MR) is 116 cm³/mol. The molecule has 0 aliphatic heterocycles. The Bertz CT molecular complexity index is 1410. The van der Waals surface area contributed by atoms with Gasteiger partial charge in [-0.15, -0.1) is 11.3 Å². The Kier molecular flexibility index (Phi) is 3.61. The van der Waals surface area contributed by atoms with Crippen LogP contribution in [0.4, 0.5) is 0 Å². The van der Waals surface area contributed by atoms with Crippen molar-refractivity contribution in [1.29, 1.82) is 0 Å². The maximum Gasteiger partial charge on any atom is 0.154 e. The highest BCUT2D eigenvalue weighted by Crippen LogP contribution is 2.36. The van der Waals surface area contributed by atoms with E-state index in [0.717, 1.165) is 16.6 Å². The molecule has 0 unspecified atom stereocenters. The van der Waals surface area contributed by atoms with E-state index in [2.05, 4.69) is 42.5 Å². The van der Waals surface area contributed by atoms with Gasteiger partial charge in [-0.25, -0.2) is 9.97 Å². The Morgan fingerprint density at radius 2 is 1.38 bits per heavy atom. The second kappa shape index (κ2) is 6.43. The lowest BCUT2D eigenvalue weighted by Gasteiger charge is -2.07. The topological polar surface area (TPSA) is 52.1 Å². The van der Waals surface area contributed by atoms with Gasteiger partial charge in [0.25, 0.3) is 0 Å². The van der Waals surface area contributed by atoms with Crippen LogP contribution in [0.25, 0.3) is 54.5 Å². The van der Waals surface area contributed by atoms with Gasteiger partial charge in [-0.1, -0.05) is 24.3 Å². The number of hydrogen-bond acceptors (Lipinski definition) is 5. The standard InChI is InChI=1S/C24H14N2O2S/c1-2-8-21-15(5-1)14-22(29-21)16-9-10-17-18(13-16)26-24(20-7-4-12-28-20)23(25-17)19-6-3-11-27-19/h1-14H. The average molecular weight is 394 g/mol. The highest BCUT2D eigenvalue weighted by molar-refractivity contribution is 7.22. The Hall–Kier alpha value is -3.70. The summed E-state index contributed by atoms with van der Waals surface area (Å²) in [6.07, 6.45) is 3.28. The van der Waals surface area contributed by atoms with Crippen LogP contribution in [0.2, 0.25) is 0 Å². The number of rotatable bonds is 3. The summed E-state index contributed by atoms with van der Waals surface area (Å²) in [5.41, 5.74) is 4.11. The zero-order valence-electron chi connectivity index (χ0n) is 15.2. The Balaban J connectivity index is 1.56. The minimum Gasteiger partial charge on any atom is -0.463 e. The molecule has 0 atom stereocenters. The predicted octanol–water partition coefficient (Wildman–Crippen LogP) is 7.03. The molecule has 0 N–H and O–H groups in total. The summed E-state index contributed by atoms with van der Waals surface area (Å²) in [5.74, 6) is 1.33. The van der Waals surface area contributed by atoms with E-state index in [-0.39, 0.29) is 0 Å². The molecule has 0 aliphatic rings. The van der Waals surface area contributed by atoms with E-state index in [1.54, 1.807) is 23.9 Å². The van der Waals surface area contributed by atoms with E-state index >= 15 is 0 Å². The van der Waals surface area contributed by atoms with E-state index in [4.69, 9.17) is 18.8 Å². The summed E-state index contributed by atoms with van der Waals surface area (Å²) < 4.78 is 12.5. The molecule has 6 rings (SSSR count). The van der Waals surface area contributed by atoms with Crippen molar-refractivity contribution in [2.24, 2.45) is 0 Å². The molecule has 4 nitrogen and oxygen atoms in total. The molecule has 29 heavy (non-hydrogen) atoms. The van der Waals surface area contributed by atoms with Gasteiger partial charge in [-0.2, -0.15) is 0 Å². The molecule has 4 aromatic heterocycles. The van der Waals surface area contributed by atoms with Gasteiger partial charge in [0.05, 0.1) is 23.6 Å². The first-order valence-corrected chi connectivity index (χ1v) is 10.1. The molecule has 2 aromatic carbocycles. The fraction of sp³-hybridized carbons (Fsp3) is 0. The van der Waals surface area contributed by atoms with Gasteiger partial charge in [-0.3, -0.25) is 0 Å². The molecule has 0 saturated carbocycles. The number of aromatic nitrogens is 2. The van der Waals surface area contributed by atoms with Crippen molar-refractivity contribution in [3.05, 3.63) is 85.3 Å². The first-order chi connectivity index (χ1) is 14.3. The largest absolute Gasteiger partial charge is 0.463 e. The fourth-order valence-electron chi connectivity index (χ4n) is 3.50. The lowest BCUT2D eigenvalue weighted by Crippen LogP contribution is -1.94. The van der Waals surface area contributed by atoms with Gasteiger partial charge in [0.15, 0.2) is 11.5 Å². The van der Waals surface area contributed by atoms with Crippen molar-refractivity contribution in [1.82, 2.24) is 9.97 Å². The van der Waals surface area contributed by atoms with Crippen LogP contribution in [-0.2, 0) is 0 Å². The number of benzene rings is 2. The zero-order valence-corrected chi connectivity index (χ0v) is 16.0. The van der Waals surface area contributed by atoms with Crippen LogP contribution in [-0.4, -0.2) is 9.97 Å².